The SMILES string of the molecule is C=C(C#N)c1cc(C)c(Nc2nc(Nc3ccc(C#N)cc3)nc(OCCCN3CCOCC3)n2)c(C)c1. The largest absolute Gasteiger partial charge is 0.463 e. The number of aromatic nitrogens is 3. The van der Waals surface area contributed by atoms with Crippen molar-refractivity contribution < 1.29 is 9.47 Å². The van der Waals surface area contributed by atoms with Crippen molar-refractivity contribution in [3.05, 3.63) is 65.2 Å². The number of rotatable bonds is 10. The van der Waals surface area contributed by atoms with Crippen molar-refractivity contribution in [3.63, 3.8) is 0 Å². The fourth-order valence-electron chi connectivity index (χ4n) is 4.08. The minimum absolute atomic E-state index is 0.199. The molecule has 0 bridgehead atoms. The Kier molecular flexibility index (Phi) is 8.83. The lowest BCUT2D eigenvalue weighted by molar-refractivity contribution is 0.0356. The second-order valence-corrected chi connectivity index (χ2v) is 8.94. The number of nitrogens with zero attached hydrogens (tertiary/aromatic N) is 6. The van der Waals surface area contributed by atoms with Crippen LogP contribution >= 0.6 is 0 Å². The van der Waals surface area contributed by atoms with E-state index in [1.54, 1.807) is 24.3 Å². The lowest BCUT2D eigenvalue weighted by Crippen LogP contribution is -2.37. The monoisotopic (exact) mass is 510 g/mol. The van der Waals surface area contributed by atoms with Crippen LogP contribution < -0.4 is 15.4 Å². The van der Waals surface area contributed by atoms with Gasteiger partial charge in [-0.2, -0.15) is 25.5 Å². The number of nitriles is 2. The second-order valence-electron chi connectivity index (χ2n) is 8.94. The molecule has 0 radical (unpaired) electrons. The highest BCUT2D eigenvalue weighted by molar-refractivity contribution is 5.78. The van der Waals surface area contributed by atoms with Crippen molar-refractivity contribution in [1.29, 1.82) is 10.5 Å². The fraction of sp³-hybridized carbons (Fsp3) is 0.321. The van der Waals surface area contributed by atoms with Crippen LogP contribution in [-0.2, 0) is 4.74 Å². The Labute approximate surface area is 222 Å². The summed E-state index contributed by atoms with van der Waals surface area (Å²) in [6.45, 7) is 12.5. The number of benzene rings is 2. The molecule has 0 aliphatic carbocycles. The van der Waals surface area contributed by atoms with Gasteiger partial charge in [-0.25, -0.2) is 0 Å². The van der Waals surface area contributed by atoms with Crippen LogP contribution in [-0.4, -0.2) is 59.3 Å². The minimum atomic E-state index is 0.199. The van der Waals surface area contributed by atoms with E-state index in [1.807, 2.05) is 26.0 Å². The first-order valence-corrected chi connectivity index (χ1v) is 12.4. The van der Waals surface area contributed by atoms with Gasteiger partial charge in [0.2, 0.25) is 11.9 Å². The van der Waals surface area contributed by atoms with Crippen LogP contribution in [0.3, 0.4) is 0 Å². The van der Waals surface area contributed by atoms with E-state index in [1.165, 1.54) is 0 Å². The van der Waals surface area contributed by atoms with Crippen LogP contribution in [0.15, 0.2) is 43.0 Å². The van der Waals surface area contributed by atoms with E-state index in [9.17, 15) is 5.26 Å². The molecule has 1 fully saturated rings. The van der Waals surface area contributed by atoms with E-state index in [2.05, 4.69) is 49.2 Å². The summed E-state index contributed by atoms with van der Waals surface area (Å²) < 4.78 is 11.3. The normalized spacial score (nSPS) is 13.3. The number of hydrogen-bond acceptors (Lipinski definition) is 10. The molecule has 2 aromatic carbocycles. The number of ether oxygens (including phenoxy) is 2. The molecule has 10 heteroatoms. The molecule has 1 aromatic heterocycles. The van der Waals surface area contributed by atoms with Crippen molar-refractivity contribution in [3.8, 4) is 18.1 Å². The first-order chi connectivity index (χ1) is 18.4. The molecule has 1 saturated heterocycles. The molecular weight excluding hydrogens is 480 g/mol. The minimum Gasteiger partial charge on any atom is -0.463 e. The van der Waals surface area contributed by atoms with E-state index in [4.69, 9.17) is 14.7 Å². The standard InChI is InChI=1S/C28H30N8O2/c1-19-15-23(21(3)17-29)16-20(2)25(19)32-27-33-26(31-24-7-5-22(18-30)6-8-24)34-28(35-27)38-12-4-9-36-10-13-37-14-11-36/h5-8,15-16H,3-4,9-14H2,1-2H3,(H2,31,32,33,34,35). The van der Waals surface area contributed by atoms with Gasteiger partial charge in [-0.3, -0.25) is 4.90 Å². The third-order valence-electron chi connectivity index (χ3n) is 6.09. The molecule has 194 valence electrons. The Morgan fingerprint density at radius 3 is 2.32 bits per heavy atom. The zero-order valence-electron chi connectivity index (χ0n) is 21.6. The quantitative estimate of drug-likeness (QED) is 0.297. The number of allylic oxidation sites excluding steroid dienone is 1. The summed E-state index contributed by atoms with van der Waals surface area (Å²) in [6, 6.07) is 15.2. The van der Waals surface area contributed by atoms with Crippen molar-refractivity contribution >= 4 is 28.8 Å². The van der Waals surface area contributed by atoms with Crippen LogP contribution in [0.1, 0.15) is 28.7 Å². The van der Waals surface area contributed by atoms with Crippen molar-refractivity contribution in [2.45, 2.75) is 20.3 Å². The van der Waals surface area contributed by atoms with Crippen molar-refractivity contribution in [2.75, 3.05) is 50.1 Å². The van der Waals surface area contributed by atoms with Crippen LogP contribution in [0.4, 0.5) is 23.3 Å². The van der Waals surface area contributed by atoms with Crippen molar-refractivity contribution in [2.24, 2.45) is 0 Å². The van der Waals surface area contributed by atoms with Crippen LogP contribution in [0, 0.1) is 36.5 Å². The van der Waals surface area contributed by atoms with Gasteiger partial charge in [0.25, 0.3) is 0 Å². The van der Waals surface area contributed by atoms with Crippen molar-refractivity contribution in [1.82, 2.24) is 19.9 Å². The van der Waals surface area contributed by atoms with E-state index >= 15 is 0 Å². The molecule has 1 aliphatic heterocycles. The second kappa shape index (κ2) is 12.6. The van der Waals surface area contributed by atoms with Gasteiger partial charge in [-0.1, -0.05) is 6.58 Å². The number of morpholine rings is 1. The Morgan fingerprint density at radius 2 is 1.68 bits per heavy atom. The number of hydrogen-bond donors (Lipinski definition) is 2. The molecule has 0 spiro atoms. The lowest BCUT2D eigenvalue weighted by atomic mass is 10.0. The zero-order valence-corrected chi connectivity index (χ0v) is 21.6. The van der Waals surface area contributed by atoms with Gasteiger partial charge in [-0.15, -0.1) is 0 Å². The Balaban J connectivity index is 1.54. The first kappa shape index (κ1) is 26.6. The summed E-state index contributed by atoms with van der Waals surface area (Å²) in [6.07, 6.45) is 0.829. The molecule has 10 nitrogen and oxygen atoms in total. The Morgan fingerprint density at radius 1 is 1.03 bits per heavy atom. The van der Waals surface area contributed by atoms with E-state index < -0.39 is 0 Å². The molecule has 0 unspecified atom stereocenters. The molecule has 2 N–H and O–H groups in total. The van der Waals surface area contributed by atoms with Crippen LogP contribution in [0.5, 0.6) is 6.01 Å². The summed E-state index contributed by atoms with van der Waals surface area (Å²) in [5.74, 6) is 0.623. The van der Waals surface area contributed by atoms with Gasteiger partial charge in [0.15, 0.2) is 0 Å². The maximum absolute atomic E-state index is 9.21. The highest BCUT2D eigenvalue weighted by Crippen LogP contribution is 2.28. The van der Waals surface area contributed by atoms with E-state index in [0.717, 1.165) is 67.3 Å². The lowest BCUT2D eigenvalue weighted by Gasteiger charge is -2.26. The Hall–Kier alpha value is -4.51. The molecule has 1 aliphatic rings. The third-order valence-corrected chi connectivity index (χ3v) is 6.09. The topological polar surface area (TPSA) is 132 Å². The molecule has 0 saturated carbocycles. The summed E-state index contributed by atoms with van der Waals surface area (Å²) >= 11 is 0. The zero-order chi connectivity index (χ0) is 26.9. The molecule has 0 atom stereocenters. The van der Waals surface area contributed by atoms with Gasteiger partial charge in [0.1, 0.15) is 0 Å². The highest BCUT2D eigenvalue weighted by atomic mass is 16.5. The van der Waals surface area contributed by atoms with Gasteiger partial charge in [-0.05, 0) is 73.4 Å². The third kappa shape index (κ3) is 7.04. The molecule has 2 heterocycles. The van der Waals surface area contributed by atoms with Gasteiger partial charge in [0.05, 0.1) is 43.1 Å². The highest BCUT2D eigenvalue weighted by Gasteiger charge is 2.14. The van der Waals surface area contributed by atoms with Gasteiger partial charge >= 0.3 is 6.01 Å². The molecule has 38 heavy (non-hydrogen) atoms. The van der Waals surface area contributed by atoms with Gasteiger partial charge < -0.3 is 20.1 Å². The summed E-state index contributed by atoms with van der Waals surface area (Å²) in [5, 5.41) is 24.7. The average molecular weight is 511 g/mol. The summed E-state index contributed by atoms with van der Waals surface area (Å²) in [4.78, 5) is 15.8. The number of nitrogens with one attached hydrogen (secondary N) is 2. The summed E-state index contributed by atoms with van der Waals surface area (Å²) in [7, 11) is 0. The first-order valence-electron chi connectivity index (χ1n) is 12.4. The maximum atomic E-state index is 9.21. The number of aryl methyl sites for hydroxylation is 2. The molecule has 4 rings (SSSR count). The van der Waals surface area contributed by atoms with Gasteiger partial charge in [0, 0.05) is 31.0 Å². The number of anilines is 4. The predicted molar refractivity (Wildman–Crippen MR) is 145 cm³/mol. The predicted octanol–water partition coefficient (Wildman–Crippen LogP) is 4.49. The molecule has 0 amide bonds. The Bertz CT molecular complexity index is 1350. The average Bonchev–Trinajstić information content (AvgIpc) is 2.93. The maximum Gasteiger partial charge on any atom is 0.323 e. The van der Waals surface area contributed by atoms with E-state index in [0.29, 0.717) is 29.6 Å². The smallest absolute Gasteiger partial charge is 0.323 e. The molecular formula is C28H30N8O2. The van der Waals surface area contributed by atoms with Crippen LogP contribution in [0.25, 0.3) is 5.57 Å². The molecule has 3 aromatic rings. The fourth-order valence-corrected chi connectivity index (χ4v) is 4.08. The summed E-state index contributed by atoms with van der Waals surface area (Å²) in [5.41, 5.74) is 5.14. The van der Waals surface area contributed by atoms with E-state index in [-0.39, 0.29) is 6.01 Å². The van der Waals surface area contributed by atoms with Crippen LogP contribution in [0.2, 0.25) is 0 Å².